The van der Waals surface area contributed by atoms with Gasteiger partial charge in [-0.25, -0.2) is 4.79 Å². The fraction of sp³-hybridized carbons (Fsp3) is 0.400. The molecule has 2 aromatic rings. The Balaban J connectivity index is 2.94. The summed E-state index contributed by atoms with van der Waals surface area (Å²) in [5, 5.41) is 19.7. The average molecular weight is 261 g/mol. The molecular formula is C15H19NO3. The number of carbonyl (C=O) groups is 1. The third-order valence-electron chi connectivity index (χ3n) is 3.71. The van der Waals surface area contributed by atoms with Crippen LogP contribution >= 0.6 is 0 Å². The first-order valence-electron chi connectivity index (χ1n) is 6.48. The van der Waals surface area contributed by atoms with E-state index in [-0.39, 0.29) is 6.61 Å². The van der Waals surface area contributed by atoms with Gasteiger partial charge in [0, 0.05) is 17.6 Å². The zero-order valence-electron chi connectivity index (χ0n) is 11.5. The third kappa shape index (κ3) is 2.02. The second kappa shape index (κ2) is 5.05. The van der Waals surface area contributed by atoms with E-state index in [1.165, 1.54) is 0 Å². The number of aromatic carboxylic acids is 1. The van der Waals surface area contributed by atoms with E-state index in [0.29, 0.717) is 12.1 Å². The number of aliphatic hydroxyl groups excluding tert-OH is 1. The van der Waals surface area contributed by atoms with Crippen molar-refractivity contribution in [1.82, 2.24) is 4.57 Å². The summed E-state index contributed by atoms with van der Waals surface area (Å²) in [6.45, 7) is 6.27. The standard InChI is InChI=1S/C15H19NO3/c1-4-11-10(3)16(7-8-17)14-12(11)6-5-9(2)13(14)15(18)19/h5-6,17H,4,7-8H2,1-3H3,(H,18,19). The summed E-state index contributed by atoms with van der Waals surface area (Å²) in [6, 6.07) is 3.84. The monoisotopic (exact) mass is 261 g/mol. The number of carboxylic acids is 1. The van der Waals surface area contributed by atoms with Crippen LogP contribution in [0.5, 0.6) is 0 Å². The van der Waals surface area contributed by atoms with Crippen molar-refractivity contribution >= 4 is 16.9 Å². The van der Waals surface area contributed by atoms with E-state index in [2.05, 4.69) is 6.92 Å². The van der Waals surface area contributed by atoms with E-state index in [4.69, 9.17) is 0 Å². The molecule has 4 heteroatoms. The first-order chi connectivity index (χ1) is 9.02. The summed E-state index contributed by atoms with van der Waals surface area (Å²) >= 11 is 0. The molecule has 0 atom stereocenters. The molecule has 0 fully saturated rings. The number of carboxylic acid groups (broad SMARTS) is 1. The van der Waals surface area contributed by atoms with E-state index >= 15 is 0 Å². The van der Waals surface area contributed by atoms with Crippen LogP contribution in [0.2, 0.25) is 0 Å². The molecule has 19 heavy (non-hydrogen) atoms. The van der Waals surface area contributed by atoms with Crippen LogP contribution in [0.4, 0.5) is 0 Å². The molecule has 4 nitrogen and oxygen atoms in total. The van der Waals surface area contributed by atoms with Crippen molar-refractivity contribution < 1.29 is 15.0 Å². The van der Waals surface area contributed by atoms with E-state index < -0.39 is 5.97 Å². The Hall–Kier alpha value is -1.81. The van der Waals surface area contributed by atoms with Crippen molar-refractivity contribution in [1.29, 1.82) is 0 Å². The second-order valence-electron chi connectivity index (χ2n) is 4.75. The number of aryl methyl sites for hydroxylation is 2. The van der Waals surface area contributed by atoms with Gasteiger partial charge >= 0.3 is 5.97 Å². The van der Waals surface area contributed by atoms with Crippen LogP contribution in [0.25, 0.3) is 10.9 Å². The molecule has 0 unspecified atom stereocenters. The SMILES string of the molecule is CCc1c(C)n(CCO)c2c(C(=O)O)c(C)ccc12. The predicted molar refractivity (Wildman–Crippen MR) is 74.8 cm³/mol. The number of nitrogens with zero attached hydrogens (tertiary/aromatic N) is 1. The fourth-order valence-corrected chi connectivity index (χ4v) is 2.84. The van der Waals surface area contributed by atoms with Gasteiger partial charge in [0.1, 0.15) is 0 Å². The summed E-state index contributed by atoms with van der Waals surface area (Å²) < 4.78 is 1.92. The molecule has 0 radical (unpaired) electrons. The molecule has 1 aromatic carbocycles. The average Bonchev–Trinajstić information content (AvgIpc) is 2.62. The highest BCUT2D eigenvalue weighted by atomic mass is 16.4. The zero-order valence-corrected chi connectivity index (χ0v) is 11.5. The second-order valence-corrected chi connectivity index (χ2v) is 4.75. The lowest BCUT2D eigenvalue weighted by Gasteiger charge is -2.09. The van der Waals surface area contributed by atoms with Crippen LogP contribution in [0.15, 0.2) is 12.1 Å². The molecule has 2 rings (SSSR count). The van der Waals surface area contributed by atoms with Gasteiger partial charge in [0.25, 0.3) is 0 Å². The lowest BCUT2D eigenvalue weighted by Crippen LogP contribution is -2.09. The Morgan fingerprint density at radius 1 is 1.32 bits per heavy atom. The molecular weight excluding hydrogens is 242 g/mol. The molecule has 0 saturated heterocycles. The molecule has 0 saturated carbocycles. The Morgan fingerprint density at radius 2 is 2.00 bits per heavy atom. The molecule has 2 N–H and O–H groups in total. The molecule has 0 bridgehead atoms. The number of hydrogen-bond donors (Lipinski definition) is 2. The molecule has 0 aliphatic carbocycles. The maximum Gasteiger partial charge on any atom is 0.338 e. The van der Waals surface area contributed by atoms with Crippen LogP contribution < -0.4 is 0 Å². The van der Waals surface area contributed by atoms with Crippen molar-refractivity contribution in [2.45, 2.75) is 33.7 Å². The molecule has 1 aromatic heterocycles. The Labute approximate surface area is 112 Å². The highest BCUT2D eigenvalue weighted by molar-refractivity contribution is 6.05. The Kier molecular flexibility index (Phi) is 3.62. The van der Waals surface area contributed by atoms with Crippen molar-refractivity contribution in [3.63, 3.8) is 0 Å². The minimum atomic E-state index is -0.914. The quantitative estimate of drug-likeness (QED) is 0.889. The van der Waals surface area contributed by atoms with Gasteiger partial charge in [-0.3, -0.25) is 0 Å². The van der Waals surface area contributed by atoms with Gasteiger partial charge in [0.2, 0.25) is 0 Å². The normalized spacial score (nSPS) is 11.2. The summed E-state index contributed by atoms with van der Waals surface area (Å²) in [4.78, 5) is 11.5. The number of aromatic nitrogens is 1. The predicted octanol–water partition coefficient (Wildman–Crippen LogP) is 2.51. The minimum absolute atomic E-state index is 0.000769. The smallest absolute Gasteiger partial charge is 0.338 e. The van der Waals surface area contributed by atoms with Crippen LogP contribution in [0.3, 0.4) is 0 Å². The van der Waals surface area contributed by atoms with E-state index in [1.807, 2.05) is 23.6 Å². The number of hydrogen-bond acceptors (Lipinski definition) is 2. The summed E-state index contributed by atoms with van der Waals surface area (Å²) in [5.74, 6) is -0.914. The topological polar surface area (TPSA) is 62.5 Å². The maximum absolute atomic E-state index is 11.5. The molecule has 0 aliphatic rings. The molecule has 0 amide bonds. The lowest BCUT2D eigenvalue weighted by atomic mass is 10.0. The summed E-state index contributed by atoms with van der Waals surface area (Å²) in [6.07, 6.45) is 0.850. The highest BCUT2D eigenvalue weighted by Gasteiger charge is 2.20. The van der Waals surface area contributed by atoms with Gasteiger partial charge in [-0.2, -0.15) is 0 Å². The number of rotatable bonds is 4. The first kappa shape index (κ1) is 13.6. The number of aliphatic hydroxyl groups is 1. The van der Waals surface area contributed by atoms with Gasteiger partial charge in [-0.15, -0.1) is 0 Å². The first-order valence-corrected chi connectivity index (χ1v) is 6.48. The highest BCUT2D eigenvalue weighted by Crippen LogP contribution is 2.30. The van der Waals surface area contributed by atoms with Gasteiger partial charge in [0.05, 0.1) is 17.7 Å². The largest absolute Gasteiger partial charge is 0.478 e. The maximum atomic E-state index is 11.5. The molecule has 0 spiro atoms. The number of benzene rings is 1. The van der Waals surface area contributed by atoms with Crippen LogP contribution in [0, 0.1) is 13.8 Å². The fourth-order valence-electron chi connectivity index (χ4n) is 2.84. The van der Waals surface area contributed by atoms with E-state index in [0.717, 1.165) is 34.1 Å². The summed E-state index contributed by atoms with van der Waals surface area (Å²) in [7, 11) is 0. The lowest BCUT2D eigenvalue weighted by molar-refractivity contribution is 0.0697. The minimum Gasteiger partial charge on any atom is -0.478 e. The Bertz CT molecular complexity index is 641. The number of fused-ring (bicyclic) bond motifs is 1. The van der Waals surface area contributed by atoms with Crippen LogP contribution in [-0.4, -0.2) is 27.4 Å². The van der Waals surface area contributed by atoms with Gasteiger partial charge < -0.3 is 14.8 Å². The van der Waals surface area contributed by atoms with Crippen LogP contribution in [-0.2, 0) is 13.0 Å². The van der Waals surface area contributed by atoms with Gasteiger partial charge in [0.15, 0.2) is 0 Å². The summed E-state index contributed by atoms with van der Waals surface area (Å²) in [5.41, 5.74) is 4.02. The van der Waals surface area contributed by atoms with Crippen molar-refractivity contribution in [3.8, 4) is 0 Å². The van der Waals surface area contributed by atoms with Gasteiger partial charge in [-0.1, -0.05) is 19.1 Å². The molecule has 102 valence electrons. The third-order valence-corrected chi connectivity index (χ3v) is 3.71. The van der Waals surface area contributed by atoms with Crippen molar-refractivity contribution in [2.75, 3.05) is 6.61 Å². The molecule has 0 aliphatic heterocycles. The van der Waals surface area contributed by atoms with Crippen molar-refractivity contribution in [3.05, 3.63) is 34.5 Å². The van der Waals surface area contributed by atoms with Gasteiger partial charge in [-0.05, 0) is 31.4 Å². The molecule has 1 heterocycles. The zero-order chi connectivity index (χ0) is 14.2. The van der Waals surface area contributed by atoms with E-state index in [9.17, 15) is 15.0 Å². The van der Waals surface area contributed by atoms with Crippen LogP contribution in [0.1, 0.15) is 34.1 Å². The van der Waals surface area contributed by atoms with Crippen molar-refractivity contribution in [2.24, 2.45) is 0 Å². The van der Waals surface area contributed by atoms with E-state index in [1.54, 1.807) is 6.92 Å². The Morgan fingerprint density at radius 3 is 2.53 bits per heavy atom.